The average Bonchev–Trinajstić information content (AvgIpc) is 2.34. The molecule has 0 saturated carbocycles. The van der Waals surface area contributed by atoms with Crippen molar-refractivity contribution in [2.75, 3.05) is 5.73 Å². The van der Waals surface area contributed by atoms with Gasteiger partial charge in [-0.15, -0.1) is 0 Å². The smallest absolute Gasteiger partial charge is 0.184 e. The van der Waals surface area contributed by atoms with Crippen molar-refractivity contribution >= 4 is 27.1 Å². The van der Waals surface area contributed by atoms with Gasteiger partial charge in [0, 0.05) is 0 Å². The monoisotopic (exact) mass is 299 g/mol. The third-order valence-electron chi connectivity index (χ3n) is 2.59. The van der Waals surface area contributed by atoms with Crippen LogP contribution in [0, 0.1) is 5.82 Å². The third-order valence-corrected chi connectivity index (χ3v) is 4.64. The summed E-state index contributed by atoms with van der Waals surface area (Å²) in [5.74, 6) is -0.858. The van der Waals surface area contributed by atoms with Gasteiger partial charge in [0.1, 0.15) is 5.82 Å². The molecule has 2 aromatic carbocycles. The van der Waals surface area contributed by atoms with E-state index in [2.05, 4.69) is 0 Å². The lowest BCUT2D eigenvalue weighted by Crippen LogP contribution is -2.07. The second-order valence-corrected chi connectivity index (χ2v) is 6.41. The maximum Gasteiger partial charge on any atom is 0.184 e. The molecule has 0 aliphatic heterocycles. The molecule has 0 heterocycles. The van der Waals surface area contributed by atoms with Gasteiger partial charge in [-0.2, -0.15) is 0 Å². The number of hydrogen-bond donors (Lipinski definition) is 1. The van der Waals surface area contributed by atoms with Gasteiger partial charge >= 0.3 is 0 Å². The summed E-state index contributed by atoms with van der Waals surface area (Å²) in [6, 6.07) is 10.0. The highest BCUT2D eigenvalue weighted by atomic mass is 35.5. The summed E-state index contributed by atoms with van der Waals surface area (Å²) in [5, 5.41) is -0.103. The molecule has 0 saturated heterocycles. The largest absolute Gasteiger partial charge is 0.398 e. The van der Waals surface area contributed by atoms with Crippen LogP contribution < -0.4 is 5.73 Å². The molecule has 0 bridgehead atoms. The fraction of sp³-hybridized carbons (Fsp3) is 0.0769. The zero-order chi connectivity index (χ0) is 14.0. The normalized spacial score (nSPS) is 11.5. The number of rotatable bonds is 3. The zero-order valence-electron chi connectivity index (χ0n) is 9.81. The van der Waals surface area contributed by atoms with Gasteiger partial charge in [-0.05, 0) is 29.8 Å². The number of benzene rings is 2. The Hall–Kier alpha value is -1.59. The number of anilines is 1. The van der Waals surface area contributed by atoms with Crippen LogP contribution in [-0.2, 0) is 15.6 Å². The Morgan fingerprint density at radius 3 is 2.47 bits per heavy atom. The first-order valence-electron chi connectivity index (χ1n) is 5.41. The van der Waals surface area contributed by atoms with E-state index in [1.54, 1.807) is 12.1 Å². The molecule has 0 fully saturated rings. The van der Waals surface area contributed by atoms with Crippen molar-refractivity contribution in [3.63, 3.8) is 0 Å². The molecule has 0 aliphatic rings. The zero-order valence-corrected chi connectivity index (χ0v) is 11.4. The molecule has 2 N–H and O–H groups in total. The Kier molecular flexibility index (Phi) is 3.78. The number of para-hydroxylation sites is 1. The van der Waals surface area contributed by atoms with Crippen molar-refractivity contribution < 1.29 is 12.8 Å². The molecule has 3 nitrogen and oxygen atoms in total. The number of nitrogen functional groups attached to an aromatic ring is 1. The molecule has 0 aliphatic carbocycles. The summed E-state index contributed by atoms with van der Waals surface area (Å²) >= 11 is 5.63. The Bertz CT molecular complexity index is 716. The summed E-state index contributed by atoms with van der Waals surface area (Å²) in [5.41, 5.74) is 6.25. The van der Waals surface area contributed by atoms with Gasteiger partial charge in [0.15, 0.2) is 9.84 Å². The van der Waals surface area contributed by atoms with Crippen molar-refractivity contribution in [1.29, 1.82) is 0 Å². The molecule has 2 rings (SSSR count). The van der Waals surface area contributed by atoms with Crippen LogP contribution in [0.5, 0.6) is 0 Å². The van der Waals surface area contributed by atoms with Gasteiger partial charge in [-0.25, -0.2) is 12.8 Å². The van der Waals surface area contributed by atoms with Gasteiger partial charge < -0.3 is 5.73 Å². The number of hydrogen-bond acceptors (Lipinski definition) is 3. The highest BCUT2D eigenvalue weighted by Gasteiger charge is 2.18. The van der Waals surface area contributed by atoms with E-state index in [4.69, 9.17) is 17.3 Å². The molecule has 0 unspecified atom stereocenters. The number of nitrogens with two attached hydrogens (primary N) is 1. The van der Waals surface area contributed by atoms with E-state index >= 15 is 0 Å². The summed E-state index contributed by atoms with van der Waals surface area (Å²) in [4.78, 5) is 0.0652. The van der Waals surface area contributed by atoms with Gasteiger partial charge in [0.05, 0.1) is 21.4 Å². The van der Waals surface area contributed by atoms with Crippen LogP contribution in [0.25, 0.3) is 0 Å². The van der Waals surface area contributed by atoms with Crippen LogP contribution in [0.3, 0.4) is 0 Å². The van der Waals surface area contributed by atoms with E-state index in [9.17, 15) is 12.8 Å². The number of sulfone groups is 1. The van der Waals surface area contributed by atoms with Crippen LogP contribution in [0.4, 0.5) is 10.1 Å². The van der Waals surface area contributed by atoms with Gasteiger partial charge in [0.25, 0.3) is 0 Å². The minimum atomic E-state index is -3.58. The van der Waals surface area contributed by atoms with E-state index in [1.807, 2.05) is 0 Å². The predicted molar refractivity (Wildman–Crippen MR) is 73.2 cm³/mol. The highest BCUT2D eigenvalue weighted by molar-refractivity contribution is 7.90. The lowest BCUT2D eigenvalue weighted by Gasteiger charge is -2.07. The summed E-state index contributed by atoms with van der Waals surface area (Å²) in [6.45, 7) is 0. The Balaban J connectivity index is 2.37. The van der Waals surface area contributed by atoms with E-state index < -0.39 is 15.7 Å². The molecule has 19 heavy (non-hydrogen) atoms. The summed E-state index contributed by atoms with van der Waals surface area (Å²) in [6.07, 6.45) is 0. The minimum Gasteiger partial charge on any atom is -0.398 e. The van der Waals surface area contributed by atoms with Crippen molar-refractivity contribution in [2.45, 2.75) is 10.6 Å². The topological polar surface area (TPSA) is 60.2 Å². The van der Waals surface area contributed by atoms with E-state index in [0.29, 0.717) is 5.56 Å². The van der Waals surface area contributed by atoms with Crippen LogP contribution >= 0.6 is 11.6 Å². The quantitative estimate of drug-likeness (QED) is 0.886. The van der Waals surface area contributed by atoms with E-state index in [1.165, 1.54) is 24.3 Å². The highest BCUT2D eigenvalue weighted by Crippen LogP contribution is 2.24. The Morgan fingerprint density at radius 2 is 1.84 bits per heavy atom. The molecule has 0 radical (unpaired) electrons. The molecular weight excluding hydrogens is 289 g/mol. The summed E-state index contributed by atoms with van der Waals surface area (Å²) in [7, 11) is -3.58. The van der Waals surface area contributed by atoms with Gasteiger partial charge in [-0.3, -0.25) is 0 Å². The third kappa shape index (κ3) is 3.05. The lowest BCUT2D eigenvalue weighted by molar-refractivity contribution is 0.595. The van der Waals surface area contributed by atoms with Crippen molar-refractivity contribution in [2.24, 2.45) is 0 Å². The minimum absolute atomic E-state index is 0.0652. The second-order valence-electron chi connectivity index (χ2n) is 4.05. The van der Waals surface area contributed by atoms with Crippen molar-refractivity contribution in [3.8, 4) is 0 Å². The maximum absolute atomic E-state index is 13.0. The first-order chi connectivity index (χ1) is 8.90. The fourth-order valence-corrected chi connectivity index (χ4v) is 3.38. The van der Waals surface area contributed by atoms with Gasteiger partial charge in [0.2, 0.25) is 0 Å². The summed E-state index contributed by atoms with van der Waals surface area (Å²) < 4.78 is 37.4. The van der Waals surface area contributed by atoms with E-state index in [0.717, 1.165) is 6.07 Å². The molecule has 100 valence electrons. The van der Waals surface area contributed by atoms with Crippen LogP contribution in [0.15, 0.2) is 47.4 Å². The molecule has 0 amide bonds. The number of halogens is 2. The molecule has 6 heteroatoms. The van der Waals surface area contributed by atoms with Crippen LogP contribution in [-0.4, -0.2) is 8.42 Å². The second kappa shape index (κ2) is 5.19. The Labute approximate surface area is 115 Å². The Morgan fingerprint density at radius 1 is 1.16 bits per heavy atom. The fourth-order valence-electron chi connectivity index (χ4n) is 1.69. The first kappa shape index (κ1) is 13.8. The van der Waals surface area contributed by atoms with E-state index in [-0.39, 0.29) is 21.4 Å². The van der Waals surface area contributed by atoms with Crippen molar-refractivity contribution in [3.05, 3.63) is 58.9 Å². The van der Waals surface area contributed by atoms with Crippen LogP contribution in [0.2, 0.25) is 5.02 Å². The molecule has 2 aromatic rings. The first-order valence-corrected chi connectivity index (χ1v) is 7.44. The molecule has 0 aromatic heterocycles. The molecule has 0 atom stereocenters. The lowest BCUT2D eigenvalue weighted by atomic mass is 10.2. The SMILES string of the molecule is Nc1ccccc1S(=O)(=O)Cc1ccc(F)c(Cl)c1. The molecular formula is C13H11ClFNO2S. The van der Waals surface area contributed by atoms with Crippen molar-refractivity contribution in [1.82, 2.24) is 0 Å². The standard InChI is InChI=1S/C13H11ClFNO2S/c14-10-7-9(5-6-11(10)15)8-19(17,18)13-4-2-1-3-12(13)16/h1-7H,8,16H2. The molecule has 0 spiro atoms. The average molecular weight is 300 g/mol. The maximum atomic E-state index is 13.0. The predicted octanol–water partition coefficient (Wildman–Crippen LogP) is 3.04. The van der Waals surface area contributed by atoms with Crippen LogP contribution in [0.1, 0.15) is 5.56 Å². The van der Waals surface area contributed by atoms with Gasteiger partial charge in [-0.1, -0.05) is 29.8 Å².